The zero-order valence-electron chi connectivity index (χ0n) is 19.5. The Morgan fingerprint density at radius 2 is 1.97 bits per heavy atom. The van der Waals surface area contributed by atoms with Crippen molar-refractivity contribution in [1.29, 1.82) is 0 Å². The van der Waals surface area contributed by atoms with E-state index in [1.807, 2.05) is 32.0 Å². The van der Waals surface area contributed by atoms with Crippen LogP contribution in [0.3, 0.4) is 0 Å². The van der Waals surface area contributed by atoms with E-state index in [2.05, 4.69) is 33.2 Å². The van der Waals surface area contributed by atoms with E-state index in [-0.39, 0.29) is 41.4 Å². The number of hydrogen-bond acceptors (Lipinski definition) is 3. The maximum absolute atomic E-state index is 14.5. The van der Waals surface area contributed by atoms with Gasteiger partial charge in [-0.05, 0) is 77.9 Å². The minimum atomic E-state index is -0.839. The maximum atomic E-state index is 14.5. The van der Waals surface area contributed by atoms with Gasteiger partial charge in [0.05, 0.1) is 24.1 Å². The van der Waals surface area contributed by atoms with Crippen LogP contribution in [0.15, 0.2) is 48.5 Å². The summed E-state index contributed by atoms with van der Waals surface area (Å²) >= 11 is 8.38. The summed E-state index contributed by atoms with van der Waals surface area (Å²) in [5.74, 6) is -1.02. The third-order valence-corrected chi connectivity index (χ3v) is 7.86. The van der Waals surface area contributed by atoms with Crippen LogP contribution in [0.4, 0.5) is 15.8 Å². The Morgan fingerprint density at radius 1 is 1.19 bits per heavy atom. The van der Waals surface area contributed by atoms with Gasteiger partial charge in [-0.15, -0.1) is 0 Å². The summed E-state index contributed by atoms with van der Waals surface area (Å²) in [5.41, 5.74) is 3.73. The van der Waals surface area contributed by atoms with E-state index < -0.39 is 11.2 Å². The fourth-order valence-corrected chi connectivity index (χ4v) is 6.29. The number of benzene rings is 3. The highest BCUT2D eigenvalue weighted by Crippen LogP contribution is 2.45. The van der Waals surface area contributed by atoms with Crippen molar-refractivity contribution in [2.45, 2.75) is 38.8 Å². The van der Waals surface area contributed by atoms with E-state index in [0.29, 0.717) is 17.7 Å². The first-order valence-corrected chi connectivity index (χ1v) is 12.8. The van der Waals surface area contributed by atoms with Gasteiger partial charge in [0.15, 0.2) is 0 Å². The summed E-state index contributed by atoms with van der Waals surface area (Å²) in [7, 11) is 0. The fourth-order valence-electron chi connectivity index (χ4n) is 4.78. The molecule has 2 heterocycles. The molecule has 0 unspecified atom stereocenters. The third-order valence-electron chi connectivity index (χ3n) is 6.65. The lowest BCUT2D eigenvalue weighted by molar-refractivity contribution is -0.122. The average Bonchev–Trinajstić information content (AvgIpc) is 3.28. The molecule has 0 saturated carbocycles. The van der Waals surface area contributed by atoms with Gasteiger partial charge < -0.3 is 15.5 Å². The van der Waals surface area contributed by atoms with E-state index >= 15 is 0 Å². The van der Waals surface area contributed by atoms with Gasteiger partial charge in [-0.1, -0.05) is 29.8 Å². The smallest absolute Gasteiger partial charge is 0.251 e. The monoisotopic (exact) mass is 617 g/mol. The van der Waals surface area contributed by atoms with Gasteiger partial charge in [-0.25, -0.2) is 4.39 Å². The van der Waals surface area contributed by atoms with Crippen molar-refractivity contribution in [3.63, 3.8) is 0 Å². The first-order chi connectivity index (χ1) is 17.1. The summed E-state index contributed by atoms with van der Waals surface area (Å²) in [6.45, 7) is 3.90. The number of nitrogens with zero attached hydrogens (tertiary/aromatic N) is 1. The van der Waals surface area contributed by atoms with Crippen LogP contribution >= 0.6 is 34.2 Å². The molecule has 0 radical (unpaired) electrons. The predicted octanol–water partition coefficient (Wildman–Crippen LogP) is 5.33. The molecule has 184 valence electrons. The Kier molecular flexibility index (Phi) is 6.28. The Morgan fingerprint density at radius 3 is 2.72 bits per heavy atom. The molecule has 3 amide bonds. The van der Waals surface area contributed by atoms with Crippen molar-refractivity contribution < 1.29 is 18.8 Å². The van der Waals surface area contributed by atoms with Crippen molar-refractivity contribution in [1.82, 2.24) is 5.32 Å². The quantitative estimate of drug-likeness (QED) is 0.380. The van der Waals surface area contributed by atoms with Crippen LogP contribution in [0, 0.1) is 9.39 Å². The van der Waals surface area contributed by atoms with Crippen LogP contribution in [0.1, 0.15) is 46.5 Å². The molecule has 2 aliphatic rings. The van der Waals surface area contributed by atoms with Crippen molar-refractivity contribution in [2.75, 3.05) is 10.2 Å². The molecule has 5 rings (SSSR count). The lowest BCUT2D eigenvalue weighted by atomic mass is 9.86. The molecule has 0 fully saturated rings. The molecule has 36 heavy (non-hydrogen) atoms. The van der Waals surface area contributed by atoms with Gasteiger partial charge in [0.25, 0.3) is 5.91 Å². The summed E-state index contributed by atoms with van der Waals surface area (Å²) in [6.07, 6.45) is 0.325. The van der Waals surface area contributed by atoms with Crippen LogP contribution in [-0.2, 0) is 34.5 Å². The molecule has 0 saturated heterocycles. The van der Waals surface area contributed by atoms with E-state index in [1.54, 1.807) is 18.2 Å². The van der Waals surface area contributed by atoms with Gasteiger partial charge in [0.1, 0.15) is 5.82 Å². The standard InChI is InChI=1S/C27H22ClFIN3O3/c1-27(2)24-20(30)9-16(25(35)31-12-14-6-7-21-15(8-14)11-23(34)32-21)10-22(24)33(26(27)36)13-17-18(28)4-3-5-19(17)29/h3-10H,11-13H2,1-2H3,(H,31,35)(H,32,34). The van der Waals surface area contributed by atoms with Crippen molar-refractivity contribution in [3.05, 3.63) is 90.8 Å². The van der Waals surface area contributed by atoms with Crippen molar-refractivity contribution in [2.24, 2.45) is 0 Å². The second-order valence-electron chi connectivity index (χ2n) is 9.47. The molecular formula is C27H22ClFIN3O3. The van der Waals surface area contributed by atoms with E-state index in [9.17, 15) is 18.8 Å². The Balaban J connectivity index is 1.43. The SMILES string of the molecule is CC1(C)C(=O)N(Cc2c(F)cccc2Cl)c2cc(C(=O)NCc3ccc4c(c3)CC(=O)N4)cc(I)c21. The number of anilines is 2. The Bertz CT molecular complexity index is 1440. The van der Waals surface area contributed by atoms with E-state index in [0.717, 1.165) is 25.9 Å². The molecule has 2 N–H and O–H groups in total. The molecule has 6 nitrogen and oxygen atoms in total. The maximum Gasteiger partial charge on any atom is 0.251 e. The normalized spacial score (nSPS) is 15.5. The number of nitrogens with one attached hydrogen (secondary N) is 2. The number of fused-ring (bicyclic) bond motifs is 2. The first-order valence-electron chi connectivity index (χ1n) is 11.3. The molecule has 9 heteroatoms. The highest BCUT2D eigenvalue weighted by molar-refractivity contribution is 14.1. The number of halogens is 3. The van der Waals surface area contributed by atoms with E-state index in [1.165, 1.54) is 17.0 Å². The largest absolute Gasteiger partial charge is 0.348 e. The zero-order valence-corrected chi connectivity index (χ0v) is 22.5. The van der Waals surface area contributed by atoms with Crippen LogP contribution in [0.5, 0.6) is 0 Å². The van der Waals surface area contributed by atoms with Gasteiger partial charge in [-0.2, -0.15) is 0 Å². The fraction of sp³-hybridized carbons (Fsp3) is 0.222. The van der Waals surface area contributed by atoms with Gasteiger partial charge in [0, 0.05) is 37.5 Å². The first kappa shape index (κ1) is 24.7. The Hall–Kier alpha value is -2.98. The lowest BCUT2D eigenvalue weighted by Gasteiger charge is -2.21. The molecule has 0 spiro atoms. The second-order valence-corrected chi connectivity index (χ2v) is 11.0. The molecule has 0 aromatic heterocycles. The molecule has 0 bridgehead atoms. The topological polar surface area (TPSA) is 78.5 Å². The molecule has 3 aromatic rings. The summed E-state index contributed by atoms with van der Waals surface area (Å²) in [4.78, 5) is 39.6. The molecular weight excluding hydrogens is 596 g/mol. The van der Waals surface area contributed by atoms with Crippen molar-refractivity contribution in [3.8, 4) is 0 Å². The number of carbonyl (C=O) groups excluding carboxylic acids is 3. The highest BCUT2D eigenvalue weighted by Gasteiger charge is 2.46. The lowest BCUT2D eigenvalue weighted by Crippen LogP contribution is -2.36. The minimum absolute atomic E-state index is 0.0379. The highest BCUT2D eigenvalue weighted by atomic mass is 127. The number of carbonyl (C=O) groups is 3. The number of hydrogen-bond donors (Lipinski definition) is 2. The van der Waals surface area contributed by atoms with Crippen LogP contribution in [0.25, 0.3) is 0 Å². The van der Waals surface area contributed by atoms with Crippen LogP contribution < -0.4 is 15.5 Å². The van der Waals surface area contributed by atoms with E-state index in [4.69, 9.17) is 11.6 Å². The summed E-state index contributed by atoms with van der Waals surface area (Å²) in [5, 5.41) is 5.95. The van der Waals surface area contributed by atoms with Gasteiger partial charge >= 0.3 is 0 Å². The zero-order chi connectivity index (χ0) is 25.8. The predicted molar refractivity (Wildman–Crippen MR) is 145 cm³/mol. The Labute approximate surface area is 226 Å². The van der Waals surface area contributed by atoms with Crippen LogP contribution in [-0.4, -0.2) is 17.7 Å². The number of amides is 3. The molecule has 3 aromatic carbocycles. The van der Waals surface area contributed by atoms with Crippen molar-refractivity contribution >= 4 is 63.3 Å². The van der Waals surface area contributed by atoms with Gasteiger partial charge in [0.2, 0.25) is 11.8 Å². The third kappa shape index (κ3) is 4.26. The average molecular weight is 618 g/mol. The number of rotatable bonds is 5. The molecule has 0 atom stereocenters. The minimum Gasteiger partial charge on any atom is -0.348 e. The second kappa shape index (κ2) is 9.15. The summed E-state index contributed by atoms with van der Waals surface area (Å²) < 4.78 is 15.3. The van der Waals surface area contributed by atoms with Crippen LogP contribution in [0.2, 0.25) is 5.02 Å². The molecule has 2 aliphatic heterocycles. The van der Waals surface area contributed by atoms with Gasteiger partial charge in [-0.3, -0.25) is 14.4 Å². The molecule has 0 aliphatic carbocycles. The summed E-state index contributed by atoms with van der Waals surface area (Å²) in [6, 6.07) is 13.5.